The van der Waals surface area contributed by atoms with Crippen molar-refractivity contribution in [1.29, 1.82) is 0 Å². The van der Waals surface area contributed by atoms with Crippen molar-refractivity contribution in [1.82, 2.24) is 0 Å². The van der Waals surface area contributed by atoms with Crippen LogP contribution in [0.15, 0.2) is 48.5 Å². The first kappa shape index (κ1) is 18.5. The number of nitrogens with one attached hydrogen (secondary N) is 2. The van der Waals surface area contributed by atoms with Crippen LogP contribution in [-0.2, 0) is 14.4 Å². The number of rotatable bonds is 6. The number of carbonyl (C=O) groups excluding carboxylic acids is 2. The summed E-state index contributed by atoms with van der Waals surface area (Å²) in [6.45, 7) is 1.35. The van der Waals surface area contributed by atoms with E-state index in [1.54, 1.807) is 36.4 Å². The van der Waals surface area contributed by atoms with Crippen LogP contribution in [0.4, 0.5) is 11.4 Å². The molecular weight excluding hydrogens is 344 g/mol. The van der Waals surface area contributed by atoms with Crippen molar-refractivity contribution in [3.63, 3.8) is 0 Å². The third kappa shape index (κ3) is 5.32. The standard InChI is InChI=1S/C18H17ClN2O4/c1-11(22)20-16-9-13(7-8-15(16)19)21-17(23)10-14(18(24)25)12-5-3-2-4-6-12/h2-9,14H,10H2,1H3,(H,20,22)(H,21,23)(H,24,25)/t14-/m1/s1. The Morgan fingerprint density at radius 2 is 1.76 bits per heavy atom. The largest absolute Gasteiger partial charge is 0.481 e. The van der Waals surface area contributed by atoms with Crippen molar-refractivity contribution in [3.05, 3.63) is 59.1 Å². The number of carbonyl (C=O) groups is 3. The molecule has 25 heavy (non-hydrogen) atoms. The van der Waals surface area contributed by atoms with E-state index < -0.39 is 17.8 Å². The van der Waals surface area contributed by atoms with E-state index in [4.69, 9.17) is 11.6 Å². The number of aliphatic carboxylic acids is 1. The maximum Gasteiger partial charge on any atom is 0.311 e. The van der Waals surface area contributed by atoms with E-state index in [2.05, 4.69) is 10.6 Å². The molecule has 6 nitrogen and oxygen atoms in total. The molecule has 0 aliphatic carbocycles. The van der Waals surface area contributed by atoms with Crippen molar-refractivity contribution in [2.24, 2.45) is 0 Å². The zero-order valence-electron chi connectivity index (χ0n) is 13.5. The molecule has 0 aliphatic heterocycles. The molecule has 2 aromatic carbocycles. The Labute approximate surface area is 149 Å². The summed E-state index contributed by atoms with van der Waals surface area (Å²) in [6, 6.07) is 13.2. The predicted octanol–water partition coefficient (Wildman–Crippen LogP) is 3.50. The average Bonchev–Trinajstić information content (AvgIpc) is 2.56. The molecule has 0 unspecified atom stereocenters. The van der Waals surface area contributed by atoms with Gasteiger partial charge in [-0.1, -0.05) is 41.9 Å². The summed E-state index contributed by atoms with van der Waals surface area (Å²) in [4.78, 5) is 34.8. The molecule has 0 aliphatic rings. The minimum absolute atomic E-state index is 0.211. The van der Waals surface area contributed by atoms with Crippen LogP contribution in [0.3, 0.4) is 0 Å². The molecule has 7 heteroatoms. The number of hydrogen-bond acceptors (Lipinski definition) is 3. The quantitative estimate of drug-likeness (QED) is 0.734. The zero-order valence-corrected chi connectivity index (χ0v) is 14.2. The van der Waals surface area contributed by atoms with E-state index in [0.717, 1.165) is 0 Å². The highest BCUT2D eigenvalue weighted by Gasteiger charge is 2.23. The molecule has 130 valence electrons. The van der Waals surface area contributed by atoms with Gasteiger partial charge in [0.25, 0.3) is 0 Å². The lowest BCUT2D eigenvalue weighted by molar-refractivity contribution is -0.140. The average molecular weight is 361 g/mol. The molecule has 0 saturated heterocycles. The number of hydrogen-bond donors (Lipinski definition) is 3. The Kier molecular flexibility index (Phi) is 6.14. The van der Waals surface area contributed by atoms with E-state index in [9.17, 15) is 19.5 Å². The van der Waals surface area contributed by atoms with Crippen LogP contribution in [0.25, 0.3) is 0 Å². The van der Waals surface area contributed by atoms with Gasteiger partial charge in [0.1, 0.15) is 0 Å². The summed E-state index contributed by atoms with van der Waals surface area (Å²) in [5, 5.41) is 14.9. The van der Waals surface area contributed by atoms with E-state index >= 15 is 0 Å². The maximum atomic E-state index is 12.2. The van der Waals surface area contributed by atoms with Gasteiger partial charge >= 0.3 is 5.97 Å². The number of halogens is 1. The SMILES string of the molecule is CC(=O)Nc1cc(NC(=O)C[C@@H](C(=O)O)c2ccccc2)ccc1Cl. The van der Waals surface area contributed by atoms with Crippen LogP contribution in [0.2, 0.25) is 5.02 Å². The summed E-state index contributed by atoms with van der Waals surface area (Å²) in [5.74, 6) is -2.76. The molecule has 1 atom stereocenters. The van der Waals surface area contributed by atoms with Crippen LogP contribution in [0.5, 0.6) is 0 Å². The smallest absolute Gasteiger partial charge is 0.311 e. The number of carboxylic acid groups (broad SMARTS) is 1. The summed E-state index contributed by atoms with van der Waals surface area (Å²) in [6.07, 6.45) is -0.211. The summed E-state index contributed by atoms with van der Waals surface area (Å²) >= 11 is 5.98. The molecule has 0 radical (unpaired) electrons. The Hall–Kier alpha value is -2.86. The summed E-state index contributed by atoms with van der Waals surface area (Å²) in [5.41, 5.74) is 1.33. The van der Waals surface area contributed by atoms with Gasteiger partial charge in [-0.3, -0.25) is 14.4 Å². The highest BCUT2D eigenvalue weighted by atomic mass is 35.5. The van der Waals surface area contributed by atoms with Gasteiger partial charge in [-0.05, 0) is 23.8 Å². The zero-order chi connectivity index (χ0) is 18.4. The third-order valence-corrected chi connectivity index (χ3v) is 3.78. The summed E-state index contributed by atoms with van der Waals surface area (Å²) < 4.78 is 0. The van der Waals surface area contributed by atoms with Crippen LogP contribution >= 0.6 is 11.6 Å². The van der Waals surface area contributed by atoms with Crippen molar-refractivity contribution in [2.45, 2.75) is 19.3 Å². The molecule has 0 aromatic heterocycles. The Morgan fingerprint density at radius 1 is 1.08 bits per heavy atom. The first-order chi connectivity index (χ1) is 11.9. The van der Waals surface area contributed by atoms with Crippen LogP contribution < -0.4 is 10.6 Å². The molecule has 3 N–H and O–H groups in total. The second kappa shape index (κ2) is 8.30. The van der Waals surface area contributed by atoms with Gasteiger partial charge < -0.3 is 15.7 Å². The molecule has 2 rings (SSSR count). The van der Waals surface area contributed by atoms with Gasteiger partial charge in [-0.25, -0.2) is 0 Å². The topological polar surface area (TPSA) is 95.5 Å². The third-order valence-electron chi connectivity index (χ3n) is 3.45. The highest BCUT2D eigenvalue weighted by Crippen LogP contribution is 2.26. The molecule has 0 saturated carbocycles. The molecule has 0 spiro atoms. The first-order valence-corrected chi connectivity index (χ1v) is 7.89. The van der Waals surface area contributed by atoms with Gasteiger partial charge in [0.15, 0.2) is 0 Å². The lowest BCUT2D eigenvalue weighted by Crippen LogP contribution is -2.21. The van der Waals surface area contributed by atoms with Gasteiger partial charge in [0.2, 0.25) is 11.8 Å². The fourth-order valence-corrected chi connectivity index (χ4v) is 2.48. The lowest BCUT2D eigenvalue weighted by Gasteiger charge is -2.14. The normalized spacial score (nSPS) is 11.4. The van der Waals surface area contributed by atoms with E-state index in [0.29, 0.717) is 22.0 Å². The van der Waals surface area contributed by atoms with Crippen LogP contribution in [0.1, 0.15) is 24.8 Å². The number of anilines is 2. The molecule has 0 bridgehead atoms. The fraction of sp³-hybridized carbons (Fsp3) is 0.167. The van der Waals surface area contributed by atoms with E-state index in [-0.39, 0.29) is 12.3 Å². The molecule has 0 heterocycles. The molecule has 2 aromatic rings. The molecular formula is C18H17ClN2O4. The van der Waals surface area contributed by atoms with Crippen LogP contribution in [-0.4, -0.2) is 22.9 Å². The van der Waals surface area contributed by atoms with Crippen molar-refractivity contribution in [2.75, 3.05) is 10.6 Å². The van der Waals surface area contributed by atoms with Crippen molar-refractivity contribution in [3.8, 4) is 0 Å². The Balaban J connectivity index is 2.11. The number of benzene rings is 2. The van der Waals surface area contributed by atoms with Gasteiger partial charge in [0.05, 0.1) is 16.6 Å². The Bertz CT molecular complexity index is 793. The second-order valence-electron chi connectivity index (χ2n) is 5.43. The van der Waals surface area contributed by atoms with Crippen LogP contribution in [0, 0.1) is 0 Å². The lowest BCUT2D eigenvalue weighted by atomic mass is 9.95. The molecule has 0 fully saturated rings. The van der Waals surface area contributed by atoms with Crippen molar-refractivity contribution < 1.29 is 19.5 Å². The predicted molar refractivity (Wildman–Crippen MR) is 95.8 cm³/mol. The van der Waals surface area contributed by atoms with Crippen molar-refractivity contribution >= 4 is 40.8 Å². The van der Waals surface area contributed by atoms with Gasteiger partial charge in [-0.15, -0.1) is 0 Å². The number of carboxylic acids is 1. The highest BCUT2D eigenvalue weighted by molar-refractivity contribution is 6.33. The minimum Gasteiger partial charge on any atom is -0.481 e. The van der Waals surface area contributed by atoms with Gasteiger partial charge in [-0.2, -0.15) is 0 Å². The molecule has 2 amide bonds. The van der Waals surface area contributed by atoms with Gasteiger partial charge in [0, 0.05) is 19.0 Å². The monoisotopic (exact) mass is 360 g/mol. The second-order valence-corrected chi connectivity index (χ2v) is 5.84. The van der Waals surface area contributed by atoms with E-state index in [1.807, 2.05) is 0 Å². The summed E-state index contributed by atoms with van der Waals surface area (Å²) in [7, 11) is 0. The first-order valence-electron chi connectivity index (χ1n) is 7.51. The number of amides is 2. The minimum atomic E-state index is -1.07. The fourth-order valence-electron chi connectivity index (χ4n) is 2.32. The Morgan fingerprint density at radius 3 is 2.36 bits per heavy atom. The van der Waals surface area contributed by atoms with E-state index in [1.165, 1.54) is 19.1 Å². The maximum absolute atomic E-state index is 12.2.